The molecule has 23 heavy (non-hydrogen) atoms. The summed E-state index contributed by atoms with van der Waals surface area (Å²) in [6.07, 6.45) is 6.35. The molecule has 124 valence electrons. The van der Waals surface area contributed by atoms with Crippen LogP contribution in [0.3, 0.4) is 0 Å². The van der Waals surface area contributed by atoms with Crippen molar-refractivity contribution in [2.45, 2.75) is 25.6 Å². The van der Waals surface area contributed by atoms with Gasteiger partial charge in [0.05, 0.1) is 20.9 Å². The van der Waals surface area contributed by atoms with Gasteiger partial charge < -0.3 is 18.6 Å². The molecule has 2 aromatic rings. The Morgan fingerprint density at radius 2 is 2.04 bits per heavy atom. The van der Waals surface area contributed by atoms with E-state index < -0.39 is 0 Å². The summed E-state index contributed by atoms with van der Waals surface area (Å²) >= 11 is 5.46. The monoisotopic (exact) mass is 333 g/mol. The summed E-state index contributed by atoms with van der Waals surface area (Å²) in [5, 5.41) is 0. The summed E-state index contributed by atoms with van der Waals surface area (Å²) in [7, 11) is 5.37. The van der Waals surface area contributed by atoms with Gasteiger partial charge in [-0.05, 0) is 31.1 Å². The zero-order valence-corrected chi connectivity index (χ0v) is 14.7. The van der Waals surface area contributed by atoms with Crippen molar-refractivity contribution in [3.8, 4) is 11.5 Å². The van der Waals surface area contributed by atoms with E-state index in [0.29, 0.717) is 6.04 Å². The topological polar surface area (TPSA) is 31.6 Å². The number of benzene rings is 1. The zero-order valence-electron chi connectivity index (χ0n) is 13.9. The maximum atomic E-state index is 5.59. The number of hydrogen-bond donors (Lipinski definition) is 0. The van der Waals surface area contributed by atoms with Crippen molar-refractivity contribution in [1.82, 2.24) is 14.0 Å². The fourth-order valence-corrected chi connectivity index (χ4v) is 3.43. The number of rotatable bonds is 5. The second kappa shape index (κ2) is 6.76. The van der Waals surface area contributed by atoms with Gasteiger partial charge >= 0.3 is 0 Å². The molecule has 0 aliphatic carbocycles. The molecule has 1 saturated heterocycles. The van der Waals surface area contributed by atoms with Crippen LogP contribution < -0.4 is 9.47 Å². The van der Waals surface area contributed by atoms with Crippen LogP contribution in [0.5, 0.6) is 11.5 Å². The lowest BCUT2D eigenvalue weighted by atomic mass is 10.0. The Hall–Kier alpha value is -1.79. The Labute approximate surface area is 142 Å². The predicted molar refractivity (Wildman–Crippen MR) is 92.5 cm³/mol. The van der Waals surface area contributed by atoms with Gasteiger partial charge in [0.25, 0.3) is 0 Å². The summed E-state index contributed by atoms with van der Waals surface area (Å²) < 4.78 is 15.8. The second-order valence-corrected chi connectivity index (χ2v) is 6.25. The standard InChI is InChI=1S/C17H23N3O2S/c1-18-9-10-20(17(18)23)12-19-8-4-5-15(19)14-7-6-13(21-2)11-16(14)22-3/h6-7,9-11,15H,4-5,8,12H2,1-3H3/t15-/m0/s1. The van der Waals surface area contributed by atoms with E-state index >= 15 is 0 Å². The summed E-state index contributed by atoms with van der Waals surface area (Å²) in [5.41, 5.74) is 1.22. The third kappa shape index (κ3) is 3.14. The number of methoxy groups -OCH3 is 2. The van der Waals surface area contributed by atoms with Gasteiger partial charge in [0.2, 0.25) is 0 Å². The Bertz CT molecular complexity index is 738. The summed E-state index contributed by atoms with van der Waals surface area (Å²) in [6.45, 7) is 1.87. The summed E-state index contributed by atoms with van der Waals surface area (Å²) in [5.74, 6) is 1.71. The molecule has 0 bridgehead atoms. The van der Waals surface area contributed by atoms with Gasteiger partial charge in [-0.15, -0.1) is 0 Å². The van der Waals surface area contributed by atoms with E-state index in [4.69, 9.17) is 21.7 Å². The van der Waals surface area contributed by atoms with Crippen LogP contribution in [-0.4, -0.2) is 34.8 Å². The Balaban J connectivity index is 1.87. The van der Waals surface area contributed by atoms with E-state index in [1.165, 1.54) is 12.0 Å². The Morgan fingerprint density at radius 3 is 2.70 bits per heavy atom. The number of nitrogens with zero attached hydrogens (tertiary/aromatic N) is 3. The summed E-state index contributed by atoms with van der Waals surface area (Å²) in [4.78, 5) is 2.46. The van der Waals surface area contributed by atoms with Gasteiger partial charge in [0, 0.05) is 43.7 Å². The number of imidazole rings is 1. The Morgan fingerprint density at radius 1 is 1.22 bits per heavy atom. The van der Waals surface area contributed by atoms with Crippen molar-refractivity contribution in [3.05, 3.63) is 40.9 Å². The average Bonchev–Trinajstić information content (AvgIpc) is 3.16. The van der Waals surface area contributed by atoms with Crippen LogP contribution in [0, 0.1) is 4.77 Å². The molecule has 1 aromatic carbocycles. The Kier molecular flexibility index (Phi) is 4.73. The van der Waals surface area contributed by atoms with Crippen LogP contribution in [0.4, 0.5) is 0 Å². The van der Waals surface area contributed by atoms with Crippen molar-refractivity contribution in [2.75, 3.05) is 20.8 Å². The van der Waals surface area contributed by atoms with E-state index in [1.807, 2.05) is 36.1 Å². The second-order valence-electron chi connectivity index (χ2n) is 5.88. The molecule has 6 heteroatoms. The van der Waals surface area contributed by atoms with E-state index in [-0.39, 0.29) is 0 Å². The highest BCUT2D eigenvalue weighted by molar-refractivity contribution is 7.71. The first-order valence-electron chi connectivity index (χ1n) is 7.81. The highest BCUT2D eigenvalue weighted by atomic mass is 32.1. The first-order chi connectivity index (χ1) is 11.1. The van der Waals surface area contributed by atoms with Gasteiger partial charge in [-0.3, -0.25) is 4.90 Å². The number of hydrogen-bond acceptors (Lipinski definition) is 4. The van der Waals surface area contributed by atoms with E-state index in [0.717, 1.165) is 35.9 Å². The largest absolute Gasteiger partial charge is 0.497 e. The van der Waals surface area contributed by atoms with Crippen LogP contribution in [-0.2, 0) is 13.7 Å². The molecule has 1 fully saturated rings. The lowest BCUT2D eigenvalue weighted by molar-refractivity contribution is 0.197. The molecule has 0 spiro atoms. The van der Waals surface area contributed by atoms with Crippen molar-refractivity contribution in [2.24, 2.45) is 7.05 Å². The molecule has 1 aromatic heterocycles. The number of aryl methyl sites for hydroxylation is 1. The number of aromatic nitrogens is 2. The first-order valence-corrected chi connectivity index (χ1v) is 8.22. The van der Waals surface area contributed by atoms with Gasteiger partial charge in [0.15, 0.2) is 4.77 Å². The molecular weight excluding hydrogens is 310 g/mol. The highest BCUT2D eigenvalue weighted by Crippen LogP contribution is 2.38. The minimum atomic E-state index is 0.345. The smallest absolute Gasteiger partial charge is 0.180 e. The lowest BCUT2D eigenvalue weighted by Gasteiger charge is -2.26. The molecular formula is C17H23N3O2S. The van der Waals surface area contributed by atoms with Gasteiger partial charge in [-0.25, -0.2) is 0 Å². The van der Waals surface area contributed by atoms with Crippen molar-refractivity contribution in [3.63, 3.8) is 0 Å². The minimum absolute atomic E-state index is 0.345. The van der Waals surface area contributed by atoms with Gasteiger partial charge in [-0.1, -0.05) is 6.07 Å². The fourth-order valence-electron chi connectivity index (χ4n) is 3.26. The molecule has 0 saturated carbocycles. The lowest BCUT2D eigenvalue weighted by Crippen LogP contribution is -2.26. The molecule has 0 N–H and O–H groups in total. The normalized spacial score (nSPS) is 18.3. The van der Waals surface area contributed by atoms with E-state index in [2.05, 4.69) is 15.5 Å². The molecule has 3 rings (SSSR count). The average molecular weight is 333 g/mol. The third-order valence-electron chi connectivity index (χ3n) is 4.51. The highest BCUT2D eigenvalue weighted by Gasteiger charge is 2.28. The number of likely N-dealkylation sites (tertiary alicyclic amines) is 1. The maximum Gasteiger partial charge on any atom is 0.180 e. The molecule has 0 amide bonds. The molecule has 1 atom stereocenters. The molecule has 1 aliphatic heterocycles. The molecule has 5 nitrogen and oxygen atoms in total. The van der Waals surface area contributed by atoms with E-state index in [9.17, 15) is 0 Å². The van der Waals surface area contributed by atoms with Crippen molar-refractivity contribution < 1.29 is 9.47 Å². The van der Waals surface area contributed by atoms with Crippen molar-refractivity contribution in [1.29, 1.82) is 0 Å². The molecule has 0 unspecified atom stereocenters. The van der Waals surface area contributed by atoms with Crippen molar-refractivity contribution >= 4 is 12.2 Å². The van der Waals surface area contributed by atoms with Crippen LogP contribution in [0.15, 0.2) is 30.6 Å². The summed E-state index contributed by atoms with van der Waals surface area (Å²) in [6, 6.07) is 6.42. The first kappa shape index (κ1) is 16.1. The fraction of sp³-hybridized carbons (Fsp3) is 0.471. The minimum Gasteiger partial charge on any atom is -0.497 e. The van der Waals surface area contributed by atoms with Crippen LogP contribution >= 0.6 is 12.2 Å². The maximum absolute atomic E-state index is 5.59. The SMILES string of the molecule is COc1ccc([C@@H]2CCCN2Cn2ccn(C)c2=S)c(OC)c1. The number of ether oxygens (including phenoxy) is 2. The van der Waals surface area contributed by atoms with Gasteiger partial charge in [-0.2, -0.15) is 0 Å². The van der Waals surface area contributed by atoms with Crippen LogP contribution in [0.25, 0.3) is 0 Å². The molecule has 2 heterocycles. The molecule has 0 radical (unpaired) electrons. The van der Waals surface area contributed by atoms with Gasteiger partial charge in [0.1, 0.15) is 11.5 Å². The zero-order chi connectivity index (χ0) is 16.4. The quantitative estimate of drug-likeness (QED) is 0.785. The molecule has 1 aliphatic rings. The van der Waals surface area contributed by atoms with Crippen LogP contribution in [0.2, 0.25) is 0 Å². The van der Waals surface area contributed by atoms with Crippen LogP contribution in [0.1, 0.15) is 24.4 Å². The van der Waals surface area contributed by atoms with E-state index in [1.54, 1.807) is 14.2 Å². The predicted octanol–water partition coefficient (Wildman–Crippen LogP) is 3.37. The third-order valence-corrected chi connectivity index (χ3v) is 5.04.